The predicted octanol–water partition coefficient (Wildman–Crippen LogP) is 9.65. The van der Waals surface area contributed by atoms with E-state index in [1.165, 1.54) is 63.2 Å². The normalized spacial score (nSPS) is 29.4. The molecule has 30 heavy (non-hydrogen) atoms. The predicted molar refractivity (Wildman–Crippen MR) is 136 cm³/mol. The van der Waals surface area contributed by atoms with Gasteiger partial charge in [0.25, 0.3) is 0 Å². The van der Waals surface area contributed by atoms with Crippen molar-refractivity contribution in [2.24, 2.45) is 65.1 Å². The first-order valence-electron chi connectivity index (χ1n) is 13.8. The van der Waals surface area contributed by atoms with Crippen molar-refractivity contribution < 1.29 is 0 Å². The van der Waals surface area contributed by atoms with Crippen LogP contribution in [0.1, 0.15) is 113 Å². The van der Waals surface area contributed by atoms with Crippen molar-refractivity contribution in [3.63, 3.8) is 0 Å². The first kappa shape index (κ1) is 26.0. The maximum Gasteiger partial charge on any atom is -0.0327 e. The molecule has 2 rings (SSSR count). The van der Waals surface area contributed by atoms with Crippen LogP contribution in [0.15, 0.2) is 12.7 Å². The smallest absolute Gasteiger partial charge is 0.0327 e. The molecule has 0 radical (unpaired) electrons. The Kier molecular flexibility index (Phi) is 10.5. The minimum atomic E-state index is 0.792. The summed E-state index contributed by atoms with van der Waals surface area (Å²) in [4.78, 5) is 0. The average molecular weight is 417 g/mol. The summed E-state index contributed by atoms with van der Waals surface area (Å²) in [7, 11) is 0. The highest BCUT2D eigenvalue weighted by atomic mass is 14.7. The molecule has 0 saturated heterocycles. The number of hydrogen-bond acceptors (Lipinski definition) is 0. The molecule has 0 aromatic rings. The van der Waals surface area contributed by atoms with Crippen molar-refractivity contribution in [2.45, 2.75) is 113 Å². The summed E-state index contributed by atoms with van der Waals surface area (Å²) >= 11 is 0. The summed E-state index contributed by atoms with van der Waals surface area (Å²) in [6.07, 6.45) is 15.0. The first-order valence-corrected chi connectivity index (χ1v) is 13.8. The summed E-state index contributed by atoms with van der Waals surface area (Å²) in [5.41, 5.74) is 0. The van der Waals surface area contributed by atoms with E-state index in [1.807, 2.05) is 0 Å². The zero-order chi connectivity index (χ0) is 22.4. The van der Waals surface area contributed by atoms with Gasteiger partial charge in [0.2, 0.25) is 0 Å². The van der Waals surface area contributed by atoms with Crippen LogP contribution in [0.2, 0.25) is 0 Å². The Balaban J connectivity index is 1.97. The Morgan fingerprint density at radius 3 is 1.93 bits per heavy atom. The molecule has 9 unspecified atom stereocenters. The molecule has 0 heterocycles. The molecule has 2 aliphatic carbocycles. The average Bonchev–Trinajstić information content (AvgIpc) is 3.56. The van der Waals surface area contributed by atoms with Crippen LogP contribution in [-0.2, 0) is 0 Å². The Bertz CT molecular complexity index is 482. The van der Waals surface area contributed by atoms with E-state index in [-0.39, 0.29) is 0 Å². The Morgan fingerprint density at radius 1 is 0.800 bits per heavy atom. The fourth-order valence-corrected chi connectivity index (χ4v) is 6.85. The molecule has 176 valence electrons. The van der Waals surface area contributed by atoms with Gasteiger partial charge in [0.05, 0.1) is 0 Å². The van der Waals surface area contributed by atoms with E-state index in [2.05, 4.69) is 68.0 Å². The Hall–Kier alpha value is -0.260. The molecule has 9 atom stereocenters. The maximum atomic E-state index is 3.96. The Labute approximate surface area is 191 Å². The van der Waals surface area contributed by atoms with Gasteiger partial charge < -0.3 is 0 Å². The van der Waals surface area contributed by atoms with Gasteiger partial charge in [-0.05, 0) is 110 Å². The van der Waals surface area contributed by atoms with Crippen LogP contribution in [0.3, 0.4) is 0 Å². The quantitative estimate of drug-likeness (QED) is 0.207. The molecule has 0 aromatic carbocycles. The highest BCUT2D eigenvalue weighted by Crippen LogP contribution is 2.70. The van der Waals surface area contributed by atoms with Crippen LogP contribution < -0.4 is 0 Å². The molecule has 0 spiro atoms. The van der Waals surface area contributed by atoms with Gasteiger partial charge in [-0.15, -0.1) is 6.58 Å². The van der Waals surface area contributed by atoms with E-state index in [1.54, 1.807) is 6.42 Å². The van der Waals surface area contributed by atoms with Crippen LogP contribution in [-0.4, -0.2) is 0 Å². The molecule has 0 aliphatic heterocycles. The largest absolute Gasteiger partial charge is 0.103 e. The molecule has 2 saturated carbocycles. The minimum absolute atomic E-state index is 0.792. The molecule has 0 bridgehead atoms. The van der Waals surface area contributed by atoms with Crippen molar-refractivity contribution in [1.82, 2.24) is 0 Å². The second-order valence-corrected chi connectivity index (χ2v) is 12.6. The SMILES string of the molecule is C=CCC(C)CC(C)CC(CC(C)CC1C2CC12)CC(CCC)C(C)C(C)C(C)C. The zero-order valence-corrected chi connectivity index (χ0v) is 22.0. The number of allylic oxidation sites excluding steroid dienone is 1. The lowest BCUT2D eigenvalue weighted by Crippen LogP contribution is -2.26. The zero-order valence-electron chi connectivity index (χ0n) is 22.0. The molecule has 2 aliphatic rings. The van der Waals surface area contributed by atoms with E-state index < -0.39 is 0 Å². The third-order valence-corrected chi connectivity index (χ3v) is 9.29. The summed E-state index contributed by atoms with van der Waals surface area (Å²) in [5.74, 6) is 10.4. The molecule has 0 nitrogen and oxygen atoms in total. The second kappa shape index (κ2) is 12.1. The van der Waals surface area contributed by atoms with Gasteiger partial charge in [-0.25, -0.2) is 0 Å². The van der Waals surface area contributed by atoms with Crippen molar-refractivity contribution in [3.05, 3.63) is 12.7 Å². The number of rotatable bonds is 17. The lowest BCUT2D eigenvalue weighted by atomic mass is 9.70. The van der Waals surface area contributed by atoms with Crippen LogP contribution in [0.4, 0.5) is 0 Å². The van der Waals surface area contributed by atoms with Crippen LogP contribution in [0.5, 0.6) is 0 Å². The molecule has 0 N–H and O–H groups in total. The van der Waals surface area contributed by atoms with Gasteiger partial charge in [-0.1, -0.05) is 74.3 Å². The lowest BCUT2D eigenvalue weighted by Gasteiger charge is -2.35. The summed E-state index contributed by atoms with van der Waals surface area (Å²) in [6.45, 7) is 23.8. The third-order valence-electron chi connectivity index (χ3n) is 9.29. The number of fused-ring (bicyclic) bond motifs is 1. The molecule has 0 aromatic heterocycles. The van der Waals surface area contributed by atoms with E-state index >= 15 is 0 Å². The van der Waals surface area contributed by atoms with Crippen molar-refractivity contribution >= 4 is 0 Å². The van der Waals surface area contributed by atoms with Crippen molar-refractivity contribution in [1.29, 1.82) is 0 Å². The van der Waals surface area contributed by atoms with Gasteiger partial charge >= 0.3 is 0 Å². The molecular weight excluding hydrogens is 360 g/mol. The van der Waals surface area contributed by atoms with Crippen LogP contribution in [0, 0.1) is 65.1 Å². The summed E-state index contributed by atoms with van der Waals surface area (Å²) in [5, 5.41) is 0. The molecule has 2 fully saturated rings. The second-order valence-electron chi connectivity index (χ2n) is 12.6. The lowest BCUT2D eigenvalue weighted by molar-refractivity contribution is 0.150. The fraction of sp³-hybridized carbons (Fsp3) is 0.933. The maximum absolute atomic E-state index is 3.96. The monoisotopic (exact) mass is 416 g/mol. The van der Waals surface area contributed by atoms with E-state index in [0.29, 0.717) is 0 Å². The van der Waals surface area contributed by atoms with Crippen molar-refractivity contribution in [2.75, 3.05) is 0 Å². The molecular formula is C30H56. The topological polar surface area (TPSA) is 0 Å². The third kappa shape index (κ3) is 8.02. The van der Waals surface area contributed by atoms with Gasteiger partial charge in [-0.3, -0.25) is 0 Å². The van der Waals surface area contributed by atoms with Crippen LogP contribution in [0.25, 0.3) is 0 Å². The van der Waals surface area contributed by atoms with Gasteiger partial charge in [0.1, 0.15) is 0 Å². The summed E-state index contributed by atoms with van der Waals surface area (Å²) in [6, 6.07) is 0. The van der Waals surface area contributed by atoms with Crippen molar-refractivity contribution in [3.8, 4) is 0 Å². The minimum Gasteiger partial charge on any atom is -0.103 e. The fourth-order valence-electron chi connectivity index (χ4n) is 6.85. The van der Waals surface area contributed by atoms with E-state index in [0.717, 1.165) is 53.3 Å². The van der Waals surface area contributed by atoms with E-state index in [9.17, 15) is 0 Å². The summed E-state index contributed by atoms with van der Waals surface area (Å²) < 4.78 is 0. The standard InChI is InChI=1S/C30H56/c1-10-12-21(5)14-22(6)15-26(16-23(7)17-28-29-19-30(28)29)18-27(13-11-2)25(9)24(8)20(3)4/h10,20-30H,1,11-19H2,2-9H3. The van der Waals surface area contributed by atoms with Gasteiger partial charge in [-0.2, -0.15) is 0 Å². The molecule has 0 amide bonds. The highest BCUT2D eigenvalue weighted by molar-refractivity contribution is 5.12. The van der Waals surface area contributed by atoms with Gasteiger partial charge in [0, 0.05) is 0 Å². The van der Waals surface area contributed by atoms with Crippen LogP contribution >= 0.6 is 0 Å². The first-order chi connectivity index (χ1) is 14.2. The highest BCUT2D eigenvalue weighted by Gasteiger charge is 2.63. The number of hydrogen-bond donors (Lipinski definition) is 0. The van der Waals surface area contributed by atoms with E-state index in [4.69, 9.17) is 0 Å². The van der Waals surface area contributed by atoms with Gasteiger partial charge in [0.15, 0.2) is 0 Å². The molecule has 0 heteroatoms. The Morgan fingerprint density at radius 2 is 1.43 bits per heavy atom.